The third kappa shape index (κ3) is 4.41. The van der Waals surface area contributed by atoms with Gasteiger partial charge in [0.25, 0.3) is 5.91 Å². The van der Waals surface area contributed by atoms with Crippen molar-refractivity contribution in [2.24, 2.45) is 5.73 Å². The molecule has 3 heterocycles. The second-order valence-corrected chi connectivity index (χ2v) is 11.2. The predicted molar refractivity (Wildman–Crippen MR) is 139 cm³/mol. The second-order valence-electron chi connectivity index (χ2n) is 8.85. The number of nitrogens with zero attached hydrogens (tertiary/aromatic N) is 3. The van der Waals surface area contributed by atoms with Crippen molar-refractivity contribution in [3.63, 3.8) is 0 Å². The Kier molecular flexibility index (Phi) is 6.61. The van der Waals surface area contributed by atoms with E-state index in [0.717, 1.165) is 29.7 Å². The second kappa shape index (κ2) is 9.67. The van der Waals surface area contributed by atoms with Gasteiger partial charge in [-0.1, -0.05) is 23.7 Å². The molecule has 5 rings (SSSR count). The number of pyridine rings is 2. The summed E-state index contributed by atoms with van der Waals surface area (Å²) in [7, 11) is -3.74. The van der Waals surface area contributed by atoms with Crippen molar-refractivity contribution in [2.75, 3.05) is 18.8 Å². The fourth-order valence-corrected chi connectivity index (χ4v) is 6.44. The van der Waals surface area contributed by atoms with Gasteiger partial charge in [-0.15, -0.1) is 0 Å². The molecule has 0 aliphatic carbocycles. The number of aromatic nitrogens is 2. The summed E-state index contributed by atoms with van der Waals surface area (Å²) in [4.78, 5) is 28.6. The van der Waals surface area contributed by atoms with Gasteiger partial charge in [-0.25, -0.2) is 26.6 Å². The molecule has 0 bridgehead atoms. The van der Waals surface area contributed by atoms with Crippen molar-refractivity contribution in [2.45, 2.75) is 17.7 Å². The van der Waals surface area contributed by atoms with E-state index in [-0.39, 0.29) is 21.5 Å². The first kappa shape index (κ1) is 26.7. The maximum Gasteiger partial charge on any atom is 0.254 e. The van der Waals surface area contributed by atoms with Crippen molar-refractivity contribution in [1.82, 2.24) is 13.9 Å². The molecule has 4 N–H and O–H groups in total. The number of primary amides is 1. The highest BCUT2D eigenvalue weighted by molar-refractivity contribution is 7.89. The highest BCUT2D eigenvalue weighted by Gasteiger charge is 2.28. The molecule has 1 amide bonds. The number of rotatable bonds is 5. The normalized spacial score (nSPS) is 14.3. The van der Waals surface area contributed by atoms with E-state index < -0.39 is 66.4 Å². The average Bonchev–Trinajstić information content (AvgIpc) is 3.43. The van der Waals surface area contributed by atoms with Crippen LogP contribution in [0.2, 0.25) is 5.02 Å². The number of carbonyl (C=O) groups excluding carboxylic acids is 1. The smallest absolute Gasteiger partial charge is 0.254 e. The van der Waals surface area contributed by atoms with Gasteiger partial charge < -0.3 is 11.5 Å². The van der Waals surface area contributed by atoms with Gasteiger partial charge in [0, 0.05) is 30.9 Å². The number of anilines is 1. The minimum atomic E-state index is -3.74. The number of amides is 1. The van der Waals surface area contributed by atoms with Gasteiger partial charge in [-0.3, -0.25) is 14.2 Å². The topological polar surface area (TPSA) is 141 Å². The van der Waals surface area contributed by atoms with Crippen molar-refractivity contribution < 1.29 is 26.4 Å². The Bertz CT molecular complexity index is 1840. The fraction of sp³-hybridized carbons (Fsp3) is 0.160. The van der Waals surface area contributed by atoms with Crippen molar-refractivity contribution in [1.29, 1.82) is 0 Å². The number of benzene rings is 2. The van der Waals surface area contributed by atoms with Crippen LogP contribution in [0, 0.1) is 17.5 Å². The molecule has 0 spiro atoms. The molecule has 2 aromatic carbocycles. The van der Waals surface area contributed by atoms with Gasteiger partial charge in [0.15, 0.2) is 23.3 Å². The monoisotopic (exact) mass is 577 g/mol. The molecular weight excluding hydrogens is 559 g/mol. The molecular formula is C25H19ClF3N5O4S. The number of halogens is 4. The number of sulfonamides is 1. The molecule has 1 aliphatic heterocycles. The van der Waals surface area contributed by atoms with Crippen LogP contribution in [-0.2, 0) is 10.0 Å². The SMILES string of the molecule is NC(=O)c1cn(-c2nc(N)c(F)cc2F)c2c(Cl)c(-c3ccc(S(=O)(=O)N4CCCC4)cc3)c(F)cc2c1=O. The number of carbonyl (C=O) groups is 1. The molecule has 1 aliphatic rings. The van der Waals surface area contributed by atoms with E-state index in [2.05, 4.69) is 4.98 Å². The zero-order chi connectivity index (χ0) is 28.2. The summed E-state index contributed by atoms with van der Waals surface area (Å²) in [5.41, 5.74) is 8.83. The van der Waals surface area contributed by atoms with Crippen molar-refractivity contribution >= 4 is 44.3 Å². The zero-order valence-electron chi connectivity index (χ0n) is 19.9. The lowest BCUT2D eigenvalue weighted by atomic mass is 10.0. The Morgan fingerprint density at radius 2 is 1.64 bits per heavy atom. The number of nitrogens with two attached hydrogens (primary N) is 2. The van der Waals surface area contributed by atoms with Crippen molar-refractivity contribution in [3.8, 4) is 16.9 Å². The van der Waals surface area contributed by atoms with Crippen LogP contribution in [-0.4, -0.2) is 41.3 Å². The molecule has 14 heteroatoms. The number of nitrogen functional groups attached to an aromatic ring is 1. The highest BCUT2D eigenvalue weighted by Crippen LogP contribution is 2.38. The summed E-state index contributed by atoms with van der Waals surface area (Å²) in [5.74, 6) is -5.87. The number of hydrogen-bond donors (Lipinski definition) is 2. The molecule has 0 radical (unpaired) electrons. The van der Waals surface area contributed by atoms with Crippen LogP contribution >= 0.6 is 11.6 Å². The minimum absolute atomic E-state index is 0.00142. The van der Waals surface area contributed by atoms with Crippen molar-refractivity contribution in [3.05, 3.63) is 80.9 Å². The van der Waals surface area contributed by atoms with Gasteiger partial charge in [0.2, 0.25) is 15.5 Å². The first-order valence-corrected chi connectivity index (χ1v) is 13.3. The van der Waals surface area contributed by atoms with Gasteiger partial charge >= 0.3 is 0 Å². The quantitative estimate of drug-likeness (QED) is 0.371. The average molecular weight is 578 g/mol. The van der Waals surface area contributed by atoms with E-state index in [0.29, 0.717) is 19.2 Å². The third-order valence-corrected chi connectivity index (χ3v) is 8.74. The largest absolute Gasteiger partial charge is 0.381 e. The molecule has 1 fully saturated rings. The lowest BCUT2D eigenvalue weighted by Crippen LogP contribution is -2.27. The van der Waals surface area contributed by atoms with Crippen LogP contribution in [0.1, 0.15) is 23.2 Å². The van der Waals surface area contributed by atoms with Crippen LogP contribution in [0.4, 0.5) is 19.0 Å². The van der Waals surface area contributed by atoms with E-state index in [1.807, 2.05) is 0 Å². The third-order valence-electron chi connectivity index (χ3n) is 6.46. The summed E-state index contributed by atoms with van der Waals surface area (Å²) in [5, 5.41) is -0.827. The summed E-state index contributed by atoms with van der Waals surface area (Å²) in [6.07, 6.45) is 2.36. The van der Waals surface area contributed by atoms with Crippen LogP contribution in [0.5, 0.6) is 0 Å². The summed E-state index contributed by atoms with van der Waals surface area (Å²) < 4.78 is 72.1. The molecule has 9 nitrogen and oxygen atoms in total. The lowest BCUT2D eigenvalue weighted by molar-refractivity contribution is 0.0999. The number of fused-ring (bicyclic) bond motifs is 1. The number of hydrogen-bond acceptors (Lipinski definition) is 6. The van der Waals surface area contributed by atoms with E-state index in [1.54, 1.807) is 0 Å². The van der Waals surface area contributed by atoms with E-state index in [9.17, 15) is 26.8 Å². The van der Waals surface area contributed by atoms with Gasteiger partial charge in [-0.05, 0) is 36.6 Å². The fourth-order valence-electron chi connectivity index (χ4n) is 4.53. The predicted octanol–water partition coefficient (Wildman–Crippen LogP) is 3.59. The van der Waals surface area contributed by atoms with Crippen LogP contribution < -0.4 is 16.9 Å². The maximum atomic E-state index is 15.5. The molecule has 1 saturated heterocycles. The molecule has 2 aromatic heterocycles. The van der Waals surface area contributed by atoms with E-state index in [1.165, 1.54) is 28.6 Å². The first-order chi connectivity index (χ1) is 18.4. The lowest BCUT2D eigenvalue weighted by Gasteiger charge is -2.18. The first-order valence-electron chi connectivity index (χ1n) is 11.5. The molecule has 4 aromatic rings. The van der Waals surface area contributed by atoms with Crippen LogP contribution in [0.3, 0.4) is 0 Å². The Balaban J connectivity index is 1.76. The van der Waals surface area contributed by atoms with E-state index >= 15 is 4.39 Å². The minimum Gasteiger partial charge on any atom is -0.381 e. The Morgan fingerprint density at radius 3 is 2.26 bits per heavy atom. The standard InChI is InChI=1S/C25H19ClF3N5O4S/c26-20-19(12-3-5-13(6-4-12)39(37,38)33-7-1-2-8-33)16(27)9-14-21(20)34(11-15(22(14)35)24(31)36)25-18(29)10-17(28)23(30)32-25/h3-6,9-11H,1-2,7-8H2,(H2,30,32)(H2,31,36). The summed E-state index contributed by atoms with van der Waals surface area (Å²) >= 11 is 6.60. The molecule has 39 heavy (non-hydrogen) atoms. The Morgan fingerprint density at radius 1 is 1.00 bits per heavy atom. The molecule has 0 atom stereocenters. The van der Waals surface area contributed by atoms with Crippen LogP contribution in [0.15, 0.2) is 52.3 Å². The molecule has 0 saturated carbocycles. The Labute approximate surface area is 224 Å². The van der Waals surface area contributed by atoms with Gasteiger partial charge in [-0.2, -0.15) is 4.31 Å². The van der Waals surface area contributed by atoms with Gasteiger partial charge in [0.1, 0.15) is 11.4 Å². The van der Waals surface area contributed by atoms with Gasteiger partial charge in [0.05, 0.1) is 20.8 Å². The van der Waals surface area contributed by atoms with E-state index in [4.69, 9.17) is 23.1 Å². The zero-order valence-corrected chi connectivity index (χ0v) is 21.5. The molecule has 202 valence electrons. The van der Waals surface area contributed by atoms with Crippen LogP contribution in [0.25, 0.3) is 27.8 Å². The molecule has 0 unspecified atom stereocenters. The summed E-state index contributed by atoms with van der Waals surface area (Å²) in [6, 6.07) is 6.52. The maximum absolute atomic E-state index is 15.5. The Hall–Kier alpha value is -3.94. The highest BCUT2D eigenvalue weighted by atomic mass is 35.5. The summed E-state index contributed by atoms with van der Waals surface area (Å²) in [6.45, 7) is 0.803.